The van der Waals surface area contributed by atoms with Crippen molar-refractivity contribution in [2.75, 3.05) is 20.6 Å². The van der Waals surface area contributed by atoms with Crippen molar-refractivity contribution in [2.24, 2.45) is 10.9 Å². The molecule has 1 fully saturated rings. The number of guanidine groups is 1. The van der Waals surface area contributed by atoms with Gasteiger partial charge in [0.15, 0.2) is 5.96 Å². The lowest BCUT2D eigenvalue weighted by atomic mass is 9.85. The van der Waals surface area contributed by atoms with Crippen LogP contribution in [0.15, 0.2) is 23.3 Å². The van der Waals surface area contributed by atoms with Crippen LogP contribution in [0.1, 0.15) is 37.8 Å². The predicted molar refractivity (Wildman–Crippen MR) is 86.2 cm³/mol. The van der Waals surface area contributed by atoms with Crippen molar-refractivity contribution in [1.82, 2.24) is 15.2 Å². The third kappa shape index (κ3) is 4.77. The number of aliphatic hydroxyl groups is 1. The molecule has 0 bridgehead atoms. The normalized spacial score (nSPS) is 18.5. The molecule has 2 rings (SSSR count). The molecule has 1 aliphatic rings. The Labute approximate surface area is 127 Å². The summed E-state index contributed by atoms with van der Waals surface area (Å²) in [5, 5.41) is 13.6. The van der Waals surface area contributed by atoms with Crippen molar-refractivity contribution < 1.29 is 5.11 Å². The van der Waals surface area contributed by atoms with Gasteiger partial charge in [0, 0.05) is 32.5 Å². The first-order valence-corrected chi connectivity index (χ1v) is 7.93. The summed E-state index contributed by atoms with van der Waals surface area (Å²) in [4.78, 5) is 9.54. The molecule has 1 atom stereocenters. The fraction of sp³-hybridized carbons (Fsp3) is 0.688. The highest BCUT2D eigenvalue weighted by Crippen LogP contribution is 2.26. The van der Waals surface area contributed by atoms with Gasteiger partial charge >= 0.3 is 0 Å². The van der Waals surface area contributed by atoms with Crippen LogP contribution < -0.4 is 5.32 Å². The number of nitrogens with zero attached hydrogens (tertiary/aromatic N) is 2. The first kappa shape index (κ1) is 15.9. The van der Waals surface area contributed by atoms with Gasteiger partial charge < -0.3 is 20.3 Å². The van der Waals surface area contributed by atoms with Gasteiger partial charge in [0.05, 0.1) is 12.6 Å². The molecule has 5 nitrogen and oxygen atoms in total. The second-order valence-electron chi connectivity index (χ2n) is 5.94. The van der Waals surface area contributed by atoms with Crippen LogP contribution in [0.25, 0.3) is 0 Å². The van der Waals surface area contributed by atoms with Crippen LogP contribution in [0.5, 0.6) is 0 Å². The topological polar surface area (TPSA) is 63.7 Å². The minimum absolute atomic E-state index is 0.277. The minimum Gasteiger partial charge on any atom is -0.391 e. The summed E-state index contributed by atoms with van der Waals surface area (Å²) in [7, 11) is 3.78. The highest BCUT2D eigenvalue weighted by molar-refractivity contribution is 5.79. The molecule has 0 saturated heterocycles. The van der Waals surface area contributed by atoms with E-state index >= 15 is 0 Å². The standard InChI is InChI=1S/C16H28N4O/c1-17-16(20(2)12-14-9-6-10-18-14)19-11-15(21)13-7-4-3-5-8-13/h6,9-10,13,15,18,21H,3-5,7-8,11-12H2,1-2H3,(H,17,19). The fourth-order valence-corrected chi connectivity index (χ4v) is 3.06. The number of aliphatic hydroxyl groups excluding tert-OH is 1. The first-order valence-electron chi connectivity index (χ1n) is 7.93. The number of hydrogen-bond donors (Lipinski definition) is 3. The van der Waals surface area contributed by atoms with Gasteiger partial charge in [0.1, 0.15) is 0 Å². The summed E-state index contributed by atoms with van der Waals surface area (Å²) in [6.07, 6.45) is 7.77. The number of aromatic nitrogens is 1. The second kappa shape index (κ2) is 8.08. The molecule has 1 saturated carbocycles. The first-order chi connectivity index (χ1) is 10.2. The van der Waals surface area contributed by atoms with E-state index in [0.717, 1.165) is 31.0 Å². The number of rotatable bonds is 5. The lowest BCUT2D eigenvalue weighted by Crippen LogP contribution is -2.43. The molecule has 1 heterocycles. The zero-order valence-electron chi connectivity index (χ0n) is 13.2. The van der Waals surface area contributed by atoms with Crippen LogP contribution in [-0.2, 0) is 6.54 Å². The Morgan fingerprint density at radius 3 is 2.86 bits per heavy atom. The summed E-state index contributed by atoms with van der Waals surface area (Å²) in [6, 6.07) is 4.05. The van der Waals surface area contributed by atoms with Gasteiger partial charge in [-0.2, -0.15) is 0 Å². The molecule has 1 aromatic rings. The maximum Gasteiger partial charge on any atom is 0.193 e. The van der Waals surface area contributed by atoms with Crippen molar-refractivity contribution in [3.63, 3.8) is 0 Å². The maximum absolute atomic E-state index is 10.3. The summed E-state index contributed by atoms with van der Waals surface area (Å²) in [5.74, 6) is 1.26. The number of nitrogens with one attached hydrogen (secondary N) is 2. The summed E-state index contributed by atoms with van der Waals surface area (Å²) in [5.41, 5.74) is 1.15. The van der Waals surface area contributed by atoms with Crippen molar-refractivity contribution in [3.8, 4) is 0 Å². The second-order valence-corrected chi connectivity index (χ2v) is 5.94. The predicted octanol–water partition coefficient (Wildman–Crippen LogP) is 1.96. The van der Waals surface area contributed by atoms with Crippen molar-refractivity contribution >= 4 is 5.96 Å². The van der Waals surface area contributed by atoms with Crippen molar-refractivity contribution in [3.05, 3.63) is 24.0 Å². The highest BCUT2D eigenvalue weighted by Gasteiger charge is 2.22. The Balaban J connectivity index is 1.78. The molecule has 1 unspecified atom stereocenters. The Hall–Kier alpha value is -1.49. The molecule has 5 heteroatoms. The van der Waals surface area contributed by atoms with Gasteiger partial charge in [-0.3, -0.25) is 4.99 Å². The molecule has 21 heavy (non-hydrogen) atoms. The summed E-state index contributed by atoms with van der Waals surface area (Å²) >= 11 is 0. The Morgan fingerprint density at radius 1 is 1.48 bits per heavy atom. The molecule has 1 aliphatic carbocycles. The highest BCUT2D eigenvalue weighted by atomic mass is 16.3. The molecule has 3 N–H and O–H groups in total. The van der Waals surface area contributed by atoms with Crippen LogP contribution in [0.4, 0.5) is 0 Å². The number of hydrogen-bond acceptors (Lipinski definition) is 2. The quantitative estimate of drug-likeness (QED) is 0.574. The average Bonchev–Trinajstić information content (AvgIpc) is 3.01. The SMILES string of the molecule is CN=C(NCC(O)C1CCCCC1)N(C)Cc1ccc[nH]1. The Kier molecular flexibility index (Phi) is 6.11. The third-order valence-corrected chi connectivity index (χ3v) is 4.31. The lowest BCUT2D eigenvalue weighted by Gasteiger charge is -2.28. The molecule has 0 amide bonds. The molecule has 0 radical (unpaired) electrons. The zero-order valence-corrected chi connectivity index (χ0v) is 13.2. The lowest BCUT2D eigenvalue weighted by molar-refractivity contribution is 0.0874. The molecule has 0 spiro atoms. The number of H-pyrrole nitrogens is 1. The van der Waals surface area contributed by atoms with E-state index in [1.807, 2.05) is 19.3 Å². The Morgan fingerprint density at radius 2 is 2.24 bits per heavy atom. The van der Waals surface area contributed by atoms with E-state index in [0.29, 0.717) is 12.5 Å². The summed E-state index contributed by atoms with van der Waals surface area (Å²) < 4.78 is 0. The largest absolute Gasteiger partial charge is 0.391 e. The van der Waals surface area contributed by atoms with Gasteiger partial charge in [-0.1, -0.05) is 19.3 Å². The smallest absolute Gasteiger partial charge is 0.193 e. The van der Waals surface area contributed by atoms with E-state index in [4.69, 9.17) is 0 Å². The molecular weight excluding hydrogens is 264 g/mol. The van der Waals surface area contributed by atoms with Gasteiger partial charge in [-0.15, -0.1) is 0 Å². The van der Waals surface area contributed by atoms with Crippen LogP contribution in [0.3, 0.4) is 0 Å². The molecule has 0 aromatic carbocycles. The molecule has 1 aromatic heterocycles. The fourth-order valence-electron chi connectivity index (χ4n) is 3.06. The van der Waals surface area contributed by atoms with Crippen LogP contribution in [0, 0.1) is 5.92 Å². The van der Waals surface area contributed by atoms with Crippen LogP contribution in [-0.4, -0.2) is 47.7 Å². The van der Waals surface area contributed by atoms with E-state index in [2.05, 4.69) is 26.3 Å². The van der Waals surface area contributed by atoms with E-state index in [-0.39, 0.29) is 6.10 Å². The van der Waals surface area contributed by atoms with Crippen molar-refractivity contribution in [2.45, 2.75) is 44.8 Å². The van der Waals surface area contributed by atoms with Crippen LogP contribution >= 0.6 is 0 Å². The molecular formula is C16H28N4O. The molecule has 118 valence electrons. The van der Waals surface area contributed by atoms with E-state index in [9.17, 15) is 5.11 Å². The number of aromatic amines is 1. The van der Waals surface area contributed by atoms with E-state index < -0.39 is 0 Å². The summed E-state index contributed by atoms with van der Waals surface area (Å²) in [6.45, 7) is 1.35. The van der Waals surface area contributed by atoms with Crippen LogP contribution in [0.2, 0.25) is 0 Å². The van der Waals surface area contributed by atoms with E-state index in [1.54, 1.807) is 7.05 Å². The number of aliphatic imine (C=N–C) groups is 1. The van der Waals surface area contributed by atoms with E-state index in [1.165, 1.54) is 19.3 Å². The van der Waals surface area contributed by atoms with Gasteiger partial charge in [0.2, 0.25) is 0 Å². The third-order valence-electron chi connectivity index (χ3n) is 4.31. The van der Waals surface area contributed by atoms with Gasteiger partial charge in [-0.25, -0.2) is 0 Å². The minimum atomic E-state index is -0.277. The monoisotopic (exact) mass is 292 g/mol. The van der Waals surface area contributed by atoms with Gasteiger partial charge in [-0.05, 0) is 30.9 Å². The average molecular weight is 292 g/mol. The van der Waals surface area contributed by atoms with Gasteiger partial charge in [0.25, 0.3) is 0 Å². The van der Waals surface area contributed by atoms with Crippen molar-refractivity contribution in [1.29, 1.82) is 0 Å². The Bertz CT molecular complexity index is 423. The molecule has 0 aliphatic heterocycles. The zero-order chi connectivity index (χ0) is 15.1. The maximum atomic E-state index is 10.3.